The molecule has 0 atom stereocenters. The number of para-hydroxylation sites is 1. The van der Waals surface area contributed by atoms with E-state index in [-0.39, 0.29) is 5.91 Å². The maximum atomic E-state index is 12.7. The Morgan fingerprint density at radius 1 is 1.27 bits per heavy atom. The highest BCUT2D eigenvalue weighted by atomic mass is 32.1. The predicted molar refractivity (Wildman–Crippen MR) is 88.4 cm³/mol. The van der Waals surface area contributed by atoms with E-state index in [0.717, 1.165) is 53.6 Å². The van der Waals surface area contributed by atoms with Crippen LogP contribution in [0.5, 0.6) is 5.75 Å². The molecule has 1 saturated heterocycles. The number of carbonyl (C=O) groups excluding carboxylic acids is 1. The number of hydrogen-bond acceptors (Lipinski definition) is 3. The molecule has 0 saturated carbocycles. The van der Waals surface area contributed by atoms with Crippen molar-refractivity contribution in [2.45, 2.75) is 26.4 Å². The number of fused-ring (bicyclic) bond motifs is 3. The molecule has 4 rings (SSSR count). The average molecular weight is 313 g/mol. The first-order chi connectivity index (χ1) is 10.7. The zero-order valence-electron chi connectivity index (χ0n) is 12.7. The highest BCUT2D eigenvalue weighted by Gasteiger charge is 2.26. The van der Waals surface area contributed by atoms with Crippen LogP contribution in [-0.2, 0) is 6.61 Å². The van der Waals surface area contributed by atoms with E-state index in [9.17, 15) is 4.79 Å². The van der Waals surface area contributed by atoms with Crippen LogP contribution in [0.15, 0.2) is 30.3 Å². The fourth-order valence-electron chi connectivity index (χ4n) is 3.17. The van der Waals surface area contributed by atoms with Gasteiger partial charge in [0, 0.05) is 29.1 Å². The molecule has 1 aromatic carbocycles. The van der Waals surface area contributed by atoms with E-state index >= 15 is 0 Å². The Morgan fingerprint density at radius 3 is 2.86 bits per heavy atom. The van der Waals surface area contributed by atoms with Gasteiger partial charge in [-0.1, -0.05) is 19.1 Å². The van der Waals surface area contributed by atoms with Crippen molar-refractivity contribution in [2.75, 3.05) is 13.1 Å². The fraction of sp³-hybridized carbons (Fsp3) is 0.389. The molecule has 114 valence electrons. The van der Waals surface area contributed by atoms with Crippen molar-refractivity contribution in [2.24, 2.45) is 5.92 Å². The molecular formula is C18H19NO2S. The molecule has 3 nitrogen and oxygen atoms in total. The monoisotopic (exact) mass is 313 g/mol. The van der Waals surface area contributed by atoms with E-state index in [4.69, 9.17) is 4.74 Å². The molecule has 1 fully saturated rings. The van der Waals surface area contributed by atoms with Crippen molar-refractivity contribution in [3.63, 3.8) is 0 Å². The third-order valence-corrected chi connectivity index (χ3v) is 5.80. The van der Waals surface area contributed by atoms with E-state index in [1.165, 1.54) is 4.88 Å². The predicted octanol–water partition coefficient (Wildman–Crippen LogP) is 4.18. The number of piperidine rings is 1. The van der Waals surface area contributed by atoms with Gasteiger partial charge in [0.25, 0.3) is 5.91 Å². The maximum absolute atomic E-state index is 12.7. The van der Waals surface area contributed by atoms with Crippen molar-refractivity contribution in [1.29, 1.82) is 0 Å². The smallest absolute Gasteiger partial charge is 0.263 e. The summed E-state index contributed by atoms with van der Waals surface area (Å²) >= 11 is 1.61. The molecule has 1 aromatic heterocycles. The number of carbonyl (C=O) groups is 1. The molecule has 1 amide bonds. The van der Waals surface area contributed by atoms with E-state index < -0.39 is 0 Å². The van der Waals surface area contributed by atoms with Gasteiger partial charge in [0.05, 0.1) is 4.88 Å². The van der Waals surface area contributed by atoms with Crippen LogP contribution in [0.4, 0.5) is 0 Å². The lowest BCUT2D eigenvalue weighted by atomic mass is 9.99. The first kappa shape index (κ1) is 13.8. The number of thiophene rings is 1. The number of likely N-dealkylation sites (tertiary alicyclic amines) is 1. The molecule has 0 bridgehead atoms. The molecule has 2 aromatic rings. The Hall–Kier alpha value is -1.81. The summed E-state index contributed by atoms with van der Waals surface area (Å²) in [6.07, 6.45) is 2.23. The highest BCUT2D eigenvalue weighted by molar-refractivity contribution is 7.17. The van der Waals surface area contributed by atoms with Crippen LogP contribution in [0.3, 0.4) is 0 Å². The van der Waals surface area contributed by atoms with Gasteiger partial charge >= 0.3 is 0 Å². The zero-order chi connectivity index (χ0) is 15.1. The van der Waals surface area contributed by atoms with Crippen molar-refractivity contribution in [3.8, 4) is 16.2 Å². The second-order valence-corrected chi connectivity index (χ2v) is 7.28. The minimum Gasteiger partial charge on any atom is -0.488 e. The molecule has 0 radical (unpaired) electrons. The standard InChI is InChI=1S/C18H19NO2S/c1-12-6-8-19(9-7-12)18(20)16-10-13-11-21-15-5-3-2-4-14(15)17(13)22-16/h2-5,10,12H,6-9,11H2,1H3. The molecule has 22 heavy (non-hydrogen) atoms. The van der Waals surface area contributed by atoms with Gasteiger partial charge in [-0.25, -0.2) is 0 Å². The van der Waals surface area contributed by atoms with Gasteiger partial charge in [0.1, 0.15) is 12.4 Å². The van der Waals surface area contributed by atoms with Gasteiger partial charge < -0.3 is 9.64 Å². The third kappa shape index (κ3) is 2.31. The highest BCUT2D eigenvalue weighted by Crippen LogP contribution is 2.42. The summed E-state index contributed by atoms with van der Waals surface area (Å²) in [5.74, 6) is 1.84. The molecule has 2 aliphatic rings. The average Bonchev–Trinajstić information content (AvgIpc) is 2.99. The lowest BCUT2D eigenvalue weighted by Gasteiger charge is -2.29. The summed E-state index contributed by atoms with van der Waals surface area (Å²) in [5.41, 5.74) is 2.25. The summed E-state index contributed by atoms with van der Waals surface area (Å²) in [6.45, 7) is 4.60. The molecule has 0 spiro atoms. The summed E-state index contributed by atoms with van der Waals surface area (Å²) in [4.78, 5) is 16.8. The molecular weight excluding hydrogens is 294 g/mol. The third-order valence-electron chi connectivity index (χ3n) is 4.61. The molecule has 0 N–H and O–H groups in total. The molecule has 3 heterocycles. The van der Waals surface area contributed by atoms with E-state index in [2.05, 4.69) is 13.0 Å². The van der Waals surface area contributed by atoms with E-state index in [1.54, 1.807) is 11.3 Å². The zero-order valence-corrected chi connectivity index (χ0v) is 13.5. The first-order valence-electron chi connectivity index (χ1n) is 7.86. The SMILES string of the molecule is CC1CCN(C(=O)c2cc3c(s2)-c2ccccc2OC3)CC1. The maximum Gasteiger partial charge on any atom is 0.263 e. The number of rotatable bonds is 1. The number of benzene rings is 1. The van der Waals surface area contributed by atoms with Crippen LogP contribution in [0.25, 0.3) is 10.4 Å². The summed E-state index contributed by atoms with van der Waals surface area (Å²) in [5, 5.41) is 0. The minimum absolute atomic E-state index is 0.184. The van der Waals surface area contributed by atoms with Gasteiger partial charge in [-0.05, 0) is 37.0 Å². The van der Waals surface area contributed by atoms with Gasteiger partial charge in [0.15, 0.2) is 0 Å². The van der Waals surface area contributed by atoms with Crippen molar-refractivity contribution < 1.29 is 9.53 Å². The Morgan fingerprint density at radius 2 is 2.05 bits per heavy atom. The summed E-state index contributed by atoms with van der Waals surface area (Å²) in [7, 11) is 0. The van der Waals surface area contributed by atoms with Crippen molar-refractivity contribution >= 4 is 17.2 Å². The van der Waals surface area contributed by atoms with E-state index in [0.29, 0.717) is 6.61 Å². The largest absolute Gasteiger partial charge is 0.488 e. The van der Waals surface area contributed by atoms with E-state index in [1.807, 2.05) is 29.2 Å². The number of ether oxygens (including phenoxy) is 1. The normalized spacial score (nSPS) is 17.6. The summed E-state index contributed by atoms with van der Waals surface area (Å²) in [6, 6.07) is 10.1. The lowest BCUT2D eigenvalue weighted by Crippen LogP contribution is -2.37. The second-order valence-electron chi connectivity index (χ2n) is 6.22. The number of nitrogens with zero attached hydrogens (tertiary/aromatic N) is 1. The van der Waals surface area contributed by atoms with Gasteiger partial charge in [-0.15, -0.1) is 11.3 Å². The lowest BCUT2D eigenvalue weighted by molar-refractivity contribution is 0.0702. The van der Waals surface area contributed by atoms with Crippen LogP contribution in [0, 0.1) is 5.92 Å². The van der Waals surface area contributed by atoms with Crippen LogP contribution < -0.4 is 4.74 Å². The Kier molecular flexibility index (Phi) is 3.41. The van der Waals surface area contributed by atoms with Crippen LogP contribution in [0.2, 0.25) is 0 Å². The van der Waals surface area contributed by atoms with Gasteiger partial charge in [0.2, 0.25) is 0 Å². The summed E-state index contributed by atoms with van der Waals surface area (Å²) < 4.78 is 5.78. The van der Waals surface area contributed by atoms with Gasteiger partial charge in [-0.3, -0.25) is 4.79 Å². The topological polar surface area (TPSA) is 29.5 Å². The molecule has 0 unspecified atom stereocenters. The molecule has 0 aliphatic carbocycles. The molecule has 2 aliphatic heterocycles. The van der Waals surface area contributed by atoms with Crippen LogP contribution >= 0.6 is 11.3 Å². The van der Waals surface area contributed by atoms with Gasteiger partial charge in [-0.2, -0.15) is 0 Å². The quantitative estimate of drug-likeness (QED) is 0.790. The van der Waals surface area contributed by atoms with Crippen molar-refractivity contribution in [3.05, 3.63) is 40.8 Å². The van der Waals surface area contributed by atoms with Crippen LogP contribution in [-0.4, -0.2) is 23.9 Å². The van der Waals surface area contributed by atoms with Crippen LogP contribution in [0.1, 0.15) is 35.0 Å². The molecule has 4 heteroatoms. The Balaban J connectivity index is 1.63. The number of amides is 1. The Labute approximate surface area is 134 Å². The Bertz CT molecular complexity index is 714. The minimum atomic E-state index is 0.184. The first-order valence-corrected chi connectivity index (χ1v) is 8.68. The second kappa shape index (κ2) is 5.43. The fourth-order valence-corrected chi connectivity index (χ4v) is 4.34. The number of hydrogen-bond donors (Lipinski definition) is 0. The van der Waals surface area contributed by atoms with Crippen molar-refractivity contribution in [1.82, 2.24) is 4.90 Å².